The zero-order valence-corrected chi connectivity index (χ0v) is 21.5. The van der Waals surface area contributed by atoms with Crippen molar-refractivity contribution in [3.8, 4) is 28.3 Å². The molecule has 0 unspecified atom stereocenters. The summed E-state index contributed by atoms with van der Waals surface area (Å²) in [5.41, 5.74) is 11.7. The van der Waals surface area contributed by atoms with E-state index in [1.165, 1.54) is 44.6 Å². The molecular weight excluding hydrogens is 472 g/mol. The van der Waals surface area contributed by atoms with E-state index < -0.39 is 0 Å². The number of fused-ring (bicyclic) bond motifs is 3. The summed E-state index contributed by atoms with van der Waals surface area (Å²) >= 11 is 0. The van der Waals surface area contributed by atoms with Crippen molar-refractivity contribution >= 4 is 0 Å². The van der Waals surface area contributed by atoms with E-state index in [0.29, 0.717) is 0 Å². The Bertz CT molecular complexity index is 1340. The minimum atomic E-state index is 0. The van der Waals surface area contributed by atoms with Crippen molar-refractivity contribution in [2.24, 2.45) is 0 Å². The Morgan fingerprint density at radius 1 is 0.914 bits per heavy atom. The van der Waals surface area contributed by atoms with E-state index in [4.69, 9.17) is 9.84 Å². The zero-order valence-electron chi connectivity index (χ0n) is 20.4. The van der Waals surface area contributed by atoms with E-state index >= 15 is 0 Å². The minimum absolute atomic E-state index is 0. The number of benzene rings is 2. The molecule has 0 saturated carbocycles. The zero-order chi connectivity index (χ0) is 23.5. The van der Waals surface area contributed by atoms with Gasteiger partial charge in [-0.3, -0.25) is 4.68 Å². The number of methoxy groups -OCH3 is 1. The first-order valence-corrected chi connectivity index (χ1v) is 11.9. The van der Waals surface area contributed by atoms with Gasteiger partial charge in [0.25, 0.3) is 0 Å². The smallest absolute Gasteiger partial charge is 0.497 e. The number of aryl methyl sites for hydroxylation is 2. The van der Waals surface area contributed by atoms with Crippen molar-refractivity contribution in [2.75, 3.05) is 7.11 Å². The maximum atomic E-state index is 5.31. The Morgan fingerprint density at radius 3 is 2.29 bits per heavy atom. The summed E-state index contributed by atoms with van der Waals surface area (Å²) in [5, 5.41) is 5.15. The summed E-state index contributed by atoms with van der Waals surface area (Å²) in [6.07, 6.45) is 2.12. The van der Waals surface area contributed by atoms with Crippen LogP contribution in [0.25, 0.3) is 22.5 Å². The maximum absolute atomic E-state index is 5.31. The molecule has 0 saturated heterocycles. The molecule has 0 atom stereocenters. The summed E-state index contributed by atoms with van der Waals surface area (Å²) in [7, 11) is 1.70. The van der Waals surface area contributed by atoms with Crippen LogP contribution in [-0.4, -0.2) is 16.9 Å². The predicted octanol–water partition coefficient (Wildman–Crippen LogP) is 7.11. The first kappa shape index (κ1) is 24.8. The Balaban J connectivity index is 0.000000431. The van der Waals surface area contributed by atoms with Gasteiger partial charge in [0.2, 0.25) is 0 Å². The van der Waals surface area contributed by atoms with Crippen LogP contribution in [0.1, 0.15) is 27.8 Å². The van der Waals surface area contributed by atoms with Crippen LogP contribution < -0.4 is 4.74 Å². The fourth-order valence-corrected chi connectivity index (χ4v) is 4.94. The minimum Gasteiger partial charge on any atom is -0.497 e. The number of hydrogen-bond acceptors (Lipinski definition) is 2. The Kier molecular flexibility index (Phi) is 7.75. The second-order valence-corrected chi connectivity index (χ2v) is 8.93. The van der Waals surface area contributed by atoms with E-state index in [0.717, 1.165) is 30.8 Å². The number of aromatic nitrogens is 2. The second-order valence-electron chi connectivity index (χ2n) is 8.93. The molecule has 1 aromatic heterocycles. The van der Waals surface area contributed by atoms with Gasteiger partial charge in [-0.1, -0.05) is 23.8 Å². The molecule has 0 N–H and O–H groups in total. The topological polar surface area (TPSA) is 27.1 Å². The van der Waals surface area contributed by atoms with Gasteiger partial charge in [-0.25, -0.2) is 12.1 Å². The summed E-state index contributed by atoms with van der Waals surface area (Å²) in [4.78, 5) is 0. The van der Waals surface area contributed by atoms with Crippen LogP contribution in [0, 0.1) is 13.8 Å². The predicted molar refractivity (Wildman–Crippen MR) is 140 cm³/mol. The van der Waals surface area contributed by atoms with Crippen LogP contribution in [0.4, 0.5) is 0 Å². The fourth-order valence-electron chi connectivity index (χ4n) is 4.94. The molecule has 0 aliphatic heterocycles. The van der Waals surface area contributed by atoms with Gasteiger partial charge in [0.1, 0.15) is 5.75 Å². The molecule has 0 radical (unpaired) electrons. The van der Waals surface area contributed by atoms with Gasteiger partial charge >= 0.3 is 17.1 Å². The third-order valence-corrected chi connectivity index (χ3v) is 6.53. The summed E-state index contributed by atoms with van der Waals surface area (Å²) < 4.78 is 7.50. The van der Waals surface area contributed by atoms with Crippen molar-refractivity contribution in [1.29, 1.82) is 0 Å². The van der Waals surface area contributed by atoms with Crippen LogP contribution >= 0.6 is 0 Å². The van der Waals surface area contributed by atoms with Gasteiger partial charge in [-0.15, -0.1) is 11.6 Å². The third-order valence-electron chi connectivity index (χ3n) is 6.53. The number of hydrogen-bond donors (Lipinski definition) is 0. The molecule has 35 heavy (non-hydrogen) atoms. The number of nitrogens with zero attached hydrogens (tertiary/aromatic N) is 2. The standard InChI is InChI=1S/C26H25N2O.C5H5.Fe/c1-17-14-18(2)22-12-13-23-25(24(22)15-17)27-28(26(23)20-6-4-5-7-20)16-19-8-10-21(29-3)11-9-19;1-2-4-5-3-1;/h4-11,14-15H,12-13,16H2,1-3H3;1-5H;/q2*-1;+2. The molecule has 5 aromatic rings. The van der Waals surface area contributed by atoms with E-state index in [2.05, 4.69) is 67.1 Å². The molecule has 0 amide bonds. The molecule has 1 aliphatic carbocycles. The first-order chi connectivity index (χ1) is 16.6. The quantitative estimate of drug-likeness (QED) is 0.193. The van der Waals surface area contributed by atoms with Crippen molar-refractivity contribution in [3.63, 3.8) is 0 Å². The molecule has 0 spiro atoms. The van der Waals surface area contributed by atoms with Gasteiger partial charge in [-0.05, 0) is 72.8 Å². The van der Waals surface area contributed by atoms with Gasteiger partial charge < -0.3 is 4.74 Å². The molecule has 0 fully saturated rings. The molecule has 1 heterocycles. The molecule has 3 nitrogen and oxygen atoms in total. The van der Waals surface area contributed by atoms with Gasteiger partial charge in [-0.2, -0.15) is 41.5 Å². The molecule has 1 aliphatic rings. The van der Waals surface area contributed by atoms with E-state index in [1.54, 1.807) is 7.11 Å². The van der Waals surface area contributed by atoms with Crippen LogP contribution in [0.2, 0.25) is 0 Å². The van der Waals surface area contributed by atoms with E-state index in [1.807, 2.05) is 42.5 Å². The van der Waals surface area contributed by atoms with Crippen LogP contribution in [0.15, 0.2) is 91.0 Å². The third kappa shape index (κ3) is 5.19. The van der Waals surface area contributed by atoms with E-state index in [9.17, 15) is 0 Å². The summed E-state index contributed by atoms with van der Waals surface area (Å²) in [6.45, 7) is 5.15. The summed E-state index contributed by atoms with van der Waals surface area (Å²) in [6, 6.07) is 31.5. The largest absolute Gasteiger partial charge is 2.00 e. The SMILES string of the molecule is COc1ccc(Cn2nc3c(c2-c2ccc[cH-]2)CCc2c(C)cc(C)cc2-3)cc1.[Fe+2].c1cc[cH-]c1. The molecular formula is C31H30FeN2O. The monoisotopic (exact) mass is 502 g/mol. The van der Waals surface area contributed by atoms with Crippen molar-refractivity contribution < 1.29 is 21.8 Å². The van der Waals surface area contributed by atoms with Crippen LogP contribution in [0.5, 0.6) is 5.75 Å². The maximum Gasteiger partial charge on any atom is 2.00 e. The van der Waals surface area contributed by atoms with Gasteiger partial charge in [0.15, 0.2) is 0 Å². The van der Waals surface area contributed by atoms with Gasteiger partial charge in [0, 0.05) is 5.56 Å². The van der Waals surface area contributed by atoms with E-state index in [-0.39, 0.29) is 17.1 Å². The van der Waals surface area contributed by atoms with Crippen molar-refractivity contribution in [2.45, 2.75) is 33.2 Å². The Hall–Kier alpha value is -3.33. The normalized spacial score (nSPS) is 11.5. The second kappa shape index (κ2) is 10.9. The van der Waals surface area contributed by atoms with Crippen molar-refractivity contribution in [3.05, 3.63) is 119 Å². The number of rotatable bonds is 4. The average molecular weight is 502 g/mol. The molecule has 6 rings (SSSR count). The fraction of sp³-hybridized carbons (Fsp3) is 0.194. The van der Waals surface area contributed by atoms with Crippen LogP contribution in [0.3, 0.4) is 0 Å². The summed E-state index contributed by atoms with van der Waals surface area (Å²) in [5.74, 6) is 0.879. The van der Waals surface area contributed by atoms with Gasteiger partial charge in [0.05, 0.1) is 19.3 Å². The molecule has 4 heteroatoms. The average Bonchev–Trinajstić information content (AvgIpc) is 3.62. The number of ether oxygens (including phenoxy) is 1. The molecule has 4 aromatic carbocycles. The molecule has 178 valence electrons. The molecule has 0 bridgehead atoms. The van der Waals surface area contributed by atoms with Crippen molar-refractivity contribution in [1.82, 2.24) is 9.78 Å². The Labute approximate surface area is 218 Å². The van der Waals surface area contributed by atoms with Crippen LogP contribution in [-0.2, 0) is 36.5 Å². The Morgan fingerprint density at radius 2 is 1.66 bits per heavy atom. The first-order valence-electron chi connectivity index (χ1n) is 11.9.